The average Bonchev–Trinajstić information content (AvgIpc) is 3.24. The normalized spacial score (nSPS) is 13.9. The summed E-state index contributed by atoms with van der Waals surface area (Å²) in [6, 6.07) is 20.5. The number of cyclic esters (lactones) is 1. The molecule has 3 aromatic rings. The zero-order chi connectivity index (χ0) is 24.6. The third-order valence-corrected chi connectivity index (χ3v) is 5.73. The van der Waals surface area contributed by atoms with Crippen LogP contribution in [0.3, 0.4) is 0 Å². The van der Waals surface area contributed by atoms with Gasteiger partial charge in [0.05, 0.1) is 17.3 Å². The van der Waals surface area contributed by atoms with Crippen LogP contribution in [-0.2, 0) is 9.53 Å². The highest BCUT2D eigenvalue weighted by Crippen LogP contribution is 2.35. The van der Waals surface area contributed by atoms with Crippen molar-refractivity contribution in [1.82, 2.24) is 0 Å². The van der Waals surface area contributed by atoms with Crippen molar-refractivity contribution in [3.05, 3.63) is 87.1 Å². The van der Waals surface area contributed by atoms with E-state index < -0.39 is 5.97 Å². The summed E-state index contributed by atoms with van der Waals surface area (Å²) < 4.78 is 29.1. The Hall–Kier alpha value is -3.53. The second-order valence-corrected chi connectivity index (χ2v) is 8.48. The minimum Gasteiger partial charge on any atom is -0.493 e. The van der Waals surface area contributed by atoms with Gasteiger partial charge in [0.1, 0.15) is 13.2 Å². The Kier molecular flexibility index (Phi) is 8.25. The second-order valence-electron chi connectivity index (χ2n) is 7.31. The van der Waals surface area contributed by atoms with Gasteiger partial charge in [-0.2, -0.15) is 0 Å². The van der Waals surface area contributed by atoms with Gasteiger partial charge in [0.25, 0.3) is 0 Å². The first-order valence-corrected chi connectivity index (χ1v) is 12.1. The molecule has 0 radical (unpaired) electrons. The van der Waals surface area contributed by atoms with E-state index in [2.05, 4.69) is 27.6 Å². The average molecular weight is 585 g/mol. The Bertz CT molecular complexity index is 1260. The fourth-order valence-electron chi connectivity index (χ4n) is 3.38. The lowest BCUT2D eigenvalue weighted by atomic mass is 10.1. The molecule has 35 heavy (non-hydrogen) atoms. The van der Waals surface area contributed by atoms with Crippen LogP contribution in [0.15, 0.2) is 77.4 Å². The van der Waals surface area contributed by atoms with Crippen molar-refractivity contribution in [3.63, 3.8) is 0 Å². The quantitative estimate of drug-likeness (QED) is 0.135. The number of halogens is 1. The van der Waals surface area contributed by atoms with E-state index in [0.717, 1.165) is 14.7 Å². The van der Waals surface area contributed by atoms with E-state index in [9.17, 15) is 4.79 Å². The zero-order valence-corrected chi connectivity index (χ0v) is 21.5. The fraction of sp³-hybridized carbons (Fsp3) is 0.185. The standard InChI is InChI=1S/C27H24INO6/c1-3-32-24-17-18(16-21-27(30)35-26(29-21)19-9-5-4-6-10-19)15-20(28)25(24)34-14-13-33-23-12-8-7-11-22(23)31-2/h4-12,15-17H,3,13-14H2,1-2H3. The third kappa shape index (κ3) is 6.13. The molecule has 0 fully saturated rings. The van der Waals surface area contributed by atoms with Gasteiger partial charge in [0.2, 0.25) is 5.90 Å². The molecule has 1 heterocycles. The van der Waals surface area contributed by atoms with Crippen LogP contribution < -0.4 is 18.9 Å². The number of hydrogen-bond donors (Lipinski definition) is 0. The highest BCUT2D eigenvalue weighted by molar-refractivity contribution is 14.1. The highest BCUT2D eigenvalue weighted by Gasteiger charge is 2.24. The molecule has 0 saturated carbocycles. The van der Waals surface area contributed by atoms with Gasteiger partial charge >= 0.3 is 5.97 Å². The SMILES string of the molecule is CCOc1cc(C=C2N=C(c3ccccc3)OC2=O)cc(I)c1OCCOc1ccccc1OC. The van der Waals surface area contributed by atoms with Crippen LogP contribution in [0.4, 0.5) is 0 Å². The lowest BCUT2D eigenvalue weighted by Gasteiger charge is -2.15. The molecule has 3 aromatic carbocycles. The predicted molar refractivity (Wildman–Crippen MR) is 141 cm³/mol. The number of esters is 1. The first-order valence-electron chi connectivity index (χ1n) is 11.0. The first-order chi connectivity index (χ1) is 17.1. The van der Waals surface area contributed by atoms with Crippen molar-refractivity contribution >= 4 is 40.5 Å². The van der Waals surface area contributed by atoms with Crippen molar-refractivity contribution in [1.29, 1.82) is 0 Å². The van der Waals surface area contributed by atoms with Gasteiger partial charge in [-0.05, 0) is 77.6 Å². The van der Waals surface area contributed by atoms with Crippen LogP contribution in [-0.4, -0.2) is 38.8 Å². The number of aliphatic imine (C=N–C) groups is 1. The minimum atomic E-state index is -0.495. The van der Waals surface area contributed by atoms with Crippen LogP contribution in [0.5, 0.6) is 23.0 Å². The molecule has 0 saturated heterocycles. The number of carbonyl (C=O) groups is 1. The van der Waals surface area contributed by atoms with E-state index in [0.29, 0.717) is 42.8 Å². The third-order valence-electron chi connectivity index (χ3n) is 4.93. The number of nitrogens with zero attached hydrogens (tertiary/aromatic N) is 1. The molecule has 0 amide bonds. The van der Waals surface area contributed by atoms with Crippen molar-refractivity contribution in [2.75, 3.05) is 26.9 Å². The second kappa shape index (κ2) is 11.7. The molecule has 0 spiro atoms. The molecule has 4 rings (SSSR count). The number of ether oxygens (including phenoxy) is 5. The molecule has 0 aliphatic carbocycles. The topological polar surface area (TPSA) is 75.6 Å². The van der Waals surface area contributed by atoms with Crippen LogP contribution in [0, 0.1) is 3.57 Å². The maximum absolute atomic E-state index is 12.4. The van der Waals surface area contributed by atoms with Crippen LogP contribution in [0.1, 0.15) is 18.1 Å². The molecular formula is C27H24INO6. The molecule has 0 aromatic heterocycles. The van der Waals surface area contributed by atoms with Crippen LogP contribution in [0.2, 0.25) is 0 Å². The number of carbonyl (C=O) groups excluding carboxylic acids is 1. The van der Waals surface area contributed by atoms with E-state index in [1.807, 2.05) is 73.7 Å². The van der Waals surface area contributed by atoms with Crippen molar-refractivity contribution < 1.29 is 28.5 Å². The number of methoxy groups -OCH3 is 1. The van der Waals surface area contributed by atoms with Gasteiger partial charge in [-0.25, -0.2) is 9.79 Å². The summed E-state index contributed by atoms with van der Waals surface area (Å²) in [7, 11) is 1.60. The summed E-state index contributed by atoms with van der Waals surface area (Å²) in [4.78, 5) is 16.7. The molecular weight excluding hydrogens is 561 g/mol. The zero-order valence-electron chi connectivity index (χ0n) is 19.3. The number of para-hydroxylation sites is 2. The lowest BCUT2D eigenvalue weighted by Crippen LogP contribution is -2.11. The first kappa shape index (κ1) is 24.6. The fourth-order valence-corrected chi connectivity index (χ4v) is 4.16. The predicted octanol–water partition coefficient (Wildman–Crippen LogP) is 5.50. The molecule has 7 nitrogen and oxygen atoms in total. The van der Waals surface area contributed by atoms with E-state index in [-0.39, 0.29) is 11.6 Å². The van der Waals surface area contributed by atoms with Gasteiger partial charge in [0, 0.05) is 5.56 Å². The van der Waals surface area contributed by atoms with E-state index in [1.54, 1.807) is 13.2 Å². The maximum Gasteiger partial charge on any atom is 0.363 e. The summed E-state index contributed by atoms with van der Waals surface area (Å²) in [6.07, 6.45) is 1.68. The Morgan fingerprint density at radius 3 is 2.37 bits per heavy atom. The Morgan fingerprint density at radius 2 is 1.63 bits per heavy atom. The summed E-state index contributed by atoms with van der Waals surface area (Å²) in [6.45, 7) is 3.00. The van der Waals surface area contributed by atoms with E-state index in [1.165, 1.54) is 0 Å². The summed E-state index contributed by atoms with van der Waals surface area (Å²) >= 11 is 2.18. The number of benzene rings is 3. The van der Waals surface area contributed by atoms with Crippen molar-refractivity contribution in [3.8, 4) is 23.0 Å². The van der Waals surface area contributed by atoms with Gasteiger partial charge < -0.3 is 23.7 Å². The Morgan fingerprint density at radius 1 is 0.914 bits per heavy atom. The Labute approximate surface area is 217 Å². The monoisotopic (exact) mass is 585 g/mol. The maximum atomic E-state index is 12.4. The lowest BCUT2D eigenvalue weighted by molar-refractivity contribution is -0.129. The largest absolute Gasteiger partial charge is 0.493 e. The van der Waals surface area contributed by atoms with Crippen molar-refractivity contribution in [2.24, 2.45) is 4.99 Å². The molecule has 1 aliphatic rings. The summed E-state index contributed by atoms with van der Waals surface area (Å²) in [5, 5.41) is 0. The molecule has 180 valence electrons. The van der Waals surface area contributed by atoms with Gasteiger partial charge in [-0.1, -0.05) is 30.3 Å². The van der Waals surface area contributed by atoms with E-state index >= 15 is 0 Å². The van der Waals surface area contributed by atoms with Crippen LogP contribution >= 0.6 is 22.6 Å². The van der Waals surface area contributed by atoms with Crippen LogP contribution in [0.25, 0.3) is 6.08 Å². The van der Waals surface area contributed by atoms with Gasteiger partial charge in [-0.3, -0.25) is 0 Å². The number of rotatable bonds is 10. The van der Waals surface area contributed by atoms with Gasteiger partial charge in [0.15, 0.2) is 28.7 Å². The highest BCUT2D eigenvalue weighted by atomic mass is 127. The molecule has 1 aliphatic heterocycles. The molecule has 0 bridgehead atoms. The molecule has 0 N–H and O–H groups in total. The van der Waals surface area contributed by atoms with Gasteiger partial charge in [-0.15, -0.1) is 0 Å². The molecule has 0 atom stereocenters. The number of hydrogen-bond acceptors (Lipinski definition) is 7. The summed E-state index contributed by atoms with van der Waals surface area (Å²) in [5.74, 6) is 2.29. The minimum absolute atomic E-state index is 0.223. The van der Waals surface area contributed by atoms with E-state index in [4.69, 9.17) is 23.7 Å². The Balaban J connectivity index is 1.49. The molecule has 0 unspecified atom stereocenters. The smallest absolute Gasteiger partial charge is 0.363 e. The van der Waals surface area contributed by atoms with Crippen molar-refractivity contribution in [2.45, 2.75) is 6.92 Å². The molecule has 8 heteroatoms. The summed E-state index contributed by atoms with van der Waals surface area (Å²) in [5.41, 5.74) is 1.72.